The lowest BCUT2D eigenvalue weighted by Crippen LogP contribution is -2.75. The average Bonchev–Trinajstić information content (AvgIpc) is 3.73. The molecule has 0 atom stereocenters. The first-order chi connectivity index (χ1) is 25.4. The molecule has 0 unspecified atom stereocenters. The van der Waals surface area contributed by atoms with E-state index < -0.39 is 8.07 Å². The molecule has 0 amide bonds. The number of hydrogen-bond donors (Lipinski definition) is 0. The van der Waals surface area contributed by atoms with Gasteiger partial charge in [0.05, 0.1) is 22.1 Å². The number of para-hydroxylation sites is 6. The minimum Gasteiger partial charge on any atom is -0.309 e. The third-order valence-corrected chi connectivity index (χ3v) is 15.5. The Labute approximate surface area is 298 Å². The summed E-state index contributed by atoms with van der Waals surface area (Å²) in [6, 6.07) is 76.4. The minimum absolute atomic E-state index is 1.21. The van der Waals surface area contributed by atoms with E-state index in [1.165, 1.54) is 75.7 Å². The standard InChI is InChI=1S/C48H34N2Si/c1-3-19-35(20-4-1)51(36-21-5-2-6-22-36,47-33-17-15-31-45(47)49-41-27-11-7-23-37(41)38-24-8-12-28-42(38)49)48-34-18-16-32-46(48)50-43-29-13-9-25-39(43)40-26-10-14-30-44(40)50/h1-34H. The molecule has 2 nitrogen and oxygen atoms in total. The van der Waals surface area contributed by atoms with Crippen molar-refractivity contribution in [1.82, 2.24) is 9.13 Å². The summed E-state index contributed by atoms with van der Waals surface area (Å²) in [4.78, 5) is 0. The van der Waals surface area contributed by atoms with Crippen LogP contribution in [0, 0.1) is 0 Å². The number of benzene rings is 8. The number of aromatic nitrogens is 2. The van der Waals surface area contributed by atoms with Gasteiger partial charge in [-0.15, -0.1) is 0 Å². The van der Waals surface area contributed by atoms with Gasteiger partial charge in [-0.05, 0) is 57.1 Å². The molecule has 0 aliphatic rings. The molecule has 2 heterocycles. The SMILES string of the molecule is c1ccc([Si](c2ccccc2)(c2ccccc2-n2c3ccccc3c3ccccc32)c2ccccc2-n2c3ccccc3c3ccccc32)cc1. The minimum atomic E-state index is -3.09. The van der Waals surface area contributed by atoms with Crippen molar-refractivity contribution in [2.75, 3.05) is 0 Å². The van der Waals surface area contributed by atoms with Crippen LogP contribution in [0.1, 0.15) is 0 Å². The van der Waals surface area contributed by atoms with E-state index in [1.54, 1.807) is 0 Å². The topological polar surface area (TPSA) is 9.86 Å². The summed E-state index contributed by atoms with van der Waals surface area (Å²) in [6.45, 7) is 0. The van der Waals surface area contributed by atoms with Crippen molar-refractivity contribution in [3.05, 3.63) is 206 Å². The third-order valence-electron chi connectivity index (χ3n) is 10.7. The lowest BCUT2D eigenvalue weighted by atomic mass is 10.2. The van der Waals surface area contributed by atoms with Crippen LogP contribution >= 0.6 is 0 Å². The van der Waals surface area contributed by atoms with E-state index in [2.05, 4.69) is 215 Å². The van der Waals surface area contributed by atoms with E-state index in [9.17, 15) is 0 Å². The van der Waals surface area contributed by atoms with Crippen LogP contribution in [0.5, 0.6) is 0 Å². The van der Waals surface area contributed by atoms with E-state index in [-0.39, 0.29) is 0 Å². The summed E-state index contributed by atoms with van der Waals surface area (Å²) in [7, 11) is -3.09. The molecule has 0 N–H and O–H groups in total. The molecule has 3 heteroatoms. The molecule has 51 heavy (non-hydrogen) atoms. The summed E-state index contributed by atoms with van der Waals surface area (Å²) < 4.78 is 5.02. The number of fused-ring (bicyclic) bond motifs is 6. The van der Waals surface area contributed by atoms with Crippen LogP contribution in [-0.4, -0.2) is 17.2 Å². The molecule has 8 aromatic carbocycles. The van der Waals surface area contributed by atoms with Gasteiger partial charge in [-0.25, -0.2) is 0 Å². The second kappa shape index (κ2) is 11.9. The highest BCUT2D eigenvalue weighted by Crippen LogP contribution is 2.34. The summed E-state index contributed by atoms with van der Waals surface area (Å²) in [5, 5.41) is 10.4. The number of nitrogens with zero attached hydrogens (tertiary/aromatic N) is 2. The van der Waals surface area contributed by atoms with E-state index in [0.717, 1.165) is 0 Å². The molecule has 0 spiro atoms. The second-order valence-electron chi connectivity index (χ2n) is 13.3. The molecule has 10 rings (SSSR count). The predicted molar refractivity (Wildman–Crippen MR) is 219 cm³/mol. The van der Waals surface area contributed by atoms with Crippen molar-refractivity contribution in [2.24, 2.45) is 0 Å². The third kappa shape index (κ3) is 4.35. The molecule has 0 fully saturated rings. The highest BCUT2D eigenvalue weighted by atomic mass is 28.3. The van der Waals surface area contributed by atoms with E-state index >= 15 is 0 Å². The van der Waals surface area contributed by atoms with Gasteiger partial charge in [0.15, 0.2) is 8.07 Å². The molecule has 2 aromatic heterocycles. The Bertz CT molecular complexity index is 2560. The molecule has 0 saturated heterocycles. The molecule has 0 aliphatic carbocycles. The maximum absolute atomic E-state index is 3.09. The molecule has 10 aromatic rings. The molecule has 0 aliphatic heterocycles. The quantitative estimate of drug-likeness (QED) is 0.124. The first-order valence-electron chi connectivity index (χ1n) is 17.6. The van der Waals surface area contributed by atoms with Gasteiger partial charge in [0.2, 0.25) is 0 Å². The Morgan fingerprint density at radius 1 is 0.255 bits per heavy atom. The van der Waals surface area contributed by atoms with Crippen LogP contribution in [0.15, 0.2) is 206 Å². The Morgan fingerprint density at radius 3 is 0.882 bits per heavy atom. The van der Waals surface area contributed by atoms with Gasteiger partial charge >= 0.3 is 0 Å². The Kier molecular flexibility index (Phi) is 6.86. The first-order valence-corrected chi connectivity index (χ1v) is 19.6. The average molecular weight is 667 g/mol. The van der Waals surface area contributed by atoms with E-state index in [0.29, 0.717) is 0 Å². The predicted octanol–water partition coefficient (Wildman–Crippen LogP) is 9.26. The van der Waals surface area contributed by atoms with Crippen LogP contribution in [0.25, 0.3) is 55.0 Å². The summed E-state index contributed by atoms with van der Waals surface area (Å²) in [5.74, 6) is 0. The van der Waals surface area contributed by atoms with Gasteiger partial charge in [-0.1, -0.05) is 170 Å². The van der Waals surface area contributed by atoms with Gasteiger partial charge in [0.1, 0.15) is 0 Å². The lowest BCUT2D eigenvalue weighted by molar-refractivity contribution is 1.18. The summed E-state index contributed by atoms with van der Waals surface area (Å²) >= 11 is 0. The fourth-order valence-electron chi connectivity index (χ4n) is 8.65. The highest BCUT2D eigenvalue weighted by molar-refractivity contribution is 7.20. The molecular formula is C48H34N2Si. The van der Waals surface area contributed by atoms with Crippen molar-refractivity contribution >= 4 is 72.4 Å². The van der Waals surface area contributed by atoms with Crippen LogP contribution in [0.2, 0.25) is 0 Å². The van der Waals surface area contributed by atoms with Gasteiger partial charge in [-0.3, -0.25) is 0 Å². The van der Waals surface area contributed by atoms with Crippen molar-refractivity contribution < 1.29 is 0 Å². The van der Waals surface area contributed by atoms with Crippen molar-refractivity contribution in [2.45, 2.75) is 0 Å². The maximum atomic E-state index is 2.51. The van der Waals surface area contributed by atoms with Crippen LogP contribution < -0.4 is 20.7 Å². The molecule has 240 valence electrons. The molecule has 0 saturated carbocycles. The Balaban J connectivity index is 1.40. The van der Waals surface area contributed by atoms with Crippen molar-refractivity contribution in [1.29, 1.82) is 0 Å². The van der Waals surface area contributed by atoms with E-state index in [1.807, 2.05) is 0 Å². The van der Waals surface area contributed by atoms with Gasteiger partial charge in [0.25, 0.3) is 0 Å². The molecule has 0 radical (unpaired) electrons. The van der Waals surface area contributed by atoms with Crippen LogP contribution in [0.4, 0.5) is 0 Å². The second-order valence-corrected chi connectivity index (χ2v) is 17.0. The highest BCUT2D eigenvalue weighted by Gasteiger charge is 2.45. The largest absolute Gasteiger partial charge is 0.309 e. The first kappa shape index (κ1) is 29.5. The summed E-state index contributed by atoms with van der Waals surface area (Å²) in [5.41, 5.74) is 7.28. The smallest absolute Gasteiger partial charge is 0.184 e. The Hall–Kier alpha value is -6.42. The fraction of sp³-hybridized carbons (Fsp3) is 0. The van der Waals surface area contributed by atoms with Gasteiger partial charge < -0.3 is 9.13 Å². The van der Waals surface area contributed by atoms with Crippen LogP contribution in [0.3, 0.4) is 0 Å². The zero-order valence-electron chi connectivity index (χ0n) is 28.0. The molecule has 0 bridgehead atoms. The normalized spacial score (nSPS) is 11.9. The summed E-state index contributed by atoms with van der Waals surface area (Å²) in [6.07, 6.45) is 0. The van der Waals surface area contributed by atoms with Crippen molar-refractivity contribution in [3.63, 3.8) is 0 Å². The van der Waals surface area contributed by atoms with Crippen LogP contribution in [-0.2, 0) is 0 Å². The monoisotopic (exact) mass is 666 g/mol. The zero-order valence-corrected chi connectivity index (χ0v) is 29.0. The molecular weight excluding hydrogens is 633 g/mol. The zero-order chi connectivity index (χ0) is 33.8. The maximum Gasteiger partial charge on any atom is 0.184 e. The van der Waals surface area contributed by atoms with Gasteiger partial charge in [0, 0.05) is 32.9 Å². The fourth-order valence-corrected chi connectivity index (χ4v) is 13.7. The van der Waals surface area contributed by atoms with Gasteiger partial charge in [-0.2, -0.15) is 0 Å². The Morgan fingerprint density at radius 2 is 0.529 bits per heavy atom. The van der Waals surface area contributed by atoms with Crippen molar-refractivity contribution in [3.8, 4) is 11.4 Å². The lowest BCUT2D eigenvalue weighted by Gasteiger charge is -2.37. The van der Waals surface area contributed by atoms with E-state index in [4.69, 9.17) is 0 Å². The number of hydrogen-bond acceptors (Lipinski definition) is 0. The number of rotatable bonds is 6.